The molecule has 1 aromatic heterocycles. The van der Waals surface area contributed by atoms with Gasteiger partial charge in [0, 0.05) is 27.8 Å². The van der Waals surface area contributed by atoms with Gasteiger partial charge in [0.1, 0.15) is 0 Å². The molecule has 0 bridgehead atoms. The summed E-state index contributed by atoms with van der Waals surface area (Å²) in [5.41, 5.74) is 11.6. The predicted octanol–water partition coefficient (Wildman–Crippen LogP) is 11.9. The first-order valence-electron chi connectivity index (χ1n) is 16.0. The molecule has 3 heteroatoms. The molecule has 0 fully saturated rings. The van der Waals surface area contributed by atoms with Crippen LogP contribution in [0.25, 0.3) is 77.0 Å². The van der Waals surface area contributed by atoms with Gasteiger partial charge in [0.15, 0.2) is 0 Å². The van der Waals surface area contributed by atoms with E-state index in [1.807, 2.05) is 24.3 Å². The minimum Gasteiger partial charge on any atom is -0.309 e. The van der Waals surface area contributed by atoms with Gasteiger partial charge in [-0.3, -0.25) is 0 Å². The van der Waals surface area contributed by atoms with Crippen LogP contribution < -0.4 is 4.90 Å². The number of aromatic nitrogens is 2. The van der Waals surface area contributed by atoms with Crippen molar-refractivity contribution < 1.29 is 0 Å². The van der Waals surface area contributed by atoms with Crippen molar-refractivity contribution in [3.8, 4) is 33.6 Å². The molecule has 0 unspecified atom stereocenters. The van der Waals surface area contributed by atoms with Gasteiger partial charge in [-0.1, -0.05) is 121 Å². The SMILES string of the molecule is c1cc(-c2nc3ccccc3nc2-c2ccc3ccccc3c2)cc(N2c3ccc4ccccc4c3-c3cccc4cccc2c34)c1. The van der Waals surface area contributed by atoms with Gasteiger partial charge in [0.25, 0.3) is 0 Å². The van der Waals surface area contributed by atoms with Crippen molar-refractivity contribution in [2.75, 3.05) is 4.90 Å². The van der Waals surface area contributed by atoms with Gasteiger partial charge in [0.2, 0.25) is 0 Å². The lowest BCUT2D eigenvalue weighted by molar-refractivity contribution is 1.27. The maximum Gasteiger partial charge on any atom is 0.0973 e. The Kier molecular flexibility index (Phi) is 5.57. The third kappa shape index (κ3) is 4.00. The van der Waals surface area contributed by atoms with Crippen LogP contribution in [-0.2, 0) is 0 Å². The molecule has 8 aromatic carbocycles. The zero-order valence-corrected chi connectivity index (χ0v) is 25.4. The summed E-state index contributed by atoms with van der Waals surface area (Å²) >= 11 is 0. The molecule has 218 valence electrons. The Bertz CT molecular complexity index is 2700. The molecule has 9 aromatic rings. The van der Waals surface area contributed by atoms with Crippen LogP contribution in [0.5, 0.6) is 0 Å². The van der Waals surface area contributed by atoms with Crippen LogP contribution in [0.2, 0.25) is 0 Å². The van der Waals surface area contributed by atoms with Crippen LogP contribution in [0.3, 0.4) is 0 Å². The molecule has 0 atom stereocenters. The number of nitrogens with zero attached hydrogens (tertiary/aromatic N) is 3. The Morgan fingerprint density at radius 3 is 1.87 bits per heavy atom. The second-order valence-corrected chi connectivity index (χ2v) is 12.2. The van der Waals surface area contributed by atoms with Crippen molar-refractivity contribution >= 4 is 60.4 Å². The molecule has 0 amide bonds. The number of para-hydroxylation sites is 2. The molecule has 0 N–H and O–H groups in total. The summed E-state index contributed by atoms with van der Waals surface area (Å²) in [7, 11) is 0. The highest BCUT2D eigenvalue weighted by Gasteiger charge is 2.27. The van der Waals surface area contributed by atoms with E-state index in [1.54, 1.807) is 0 Å². The zero-order valence-electron chi connectivity index (χ0n) is 25.4. The molecular formula is C44H27N3. The van der Waals surface area contributed by atoms with Crippen LogP contribution in [-0.4, -0.2) is 9.97 Å². The zero-order chi connectivity index (χ0) is 30.9. The summed E-state index contributed by atoms with van der Waals surface area (Å²) in [6.07, 6.45) is 0. The van der Waals surface area contributed by atoms with Gasteiger partial charge >= 0.3 is 0 Å². The highest BCUT2D eigenvalue weighted by Crippen LogP contribution is 2.53. The lowest BCUT2D eigenvalue weighted by atomic mass is 9.87. The summed E-state index contributed by atoms with van der Waals surface area (Å²) in [6, 6.07) is 58.5. The summed E-state index contributed by atoms with van der Waals surface area (Å²) < 4.78 is 0. The number of anilines is 3. The molecule has 0 radical (unpaired) electrons. The minimum absolute atomic E-state index is 0.871. The lowest BCUT2D eigenvalue weighted by Gasteiger charge is -2.34. The molecular weight excluding hydrogens is 571 g/mol. The first kappa shape index (κ1) is 26.0. The van der Waals surface area contributed by atoms with E-state index in [0.717, 1.165) is 39.2 Å². The van der Waals surface area contributed by atoms with Crippen LogP contribution in [0, 0.1) is 0 Å². The van der Waals surface area contributed by atoms with Crippen molar-refractivity contribution in [2.45, 2.75) is 0 Å². The summed E-state index contributed by atoms with van der Waals surface area (Å²) in [5, 5.41) is 7.39. The van der Waals surface area contributed by atoms with Crippen molar-refractivity contribution in [3.05, 3.63) is 164 Å². The van der Waals surface area contributed by atoms with Crippen molar-refractivity contribution in [2.24, 2.45) is 0 Å². The number of rotatable bonds is 3. The van der Waals surface area contributed by atoms with Gasteiger partial charge < -0.3 is 4.90 Å². The van der Waals surface area contributed by atoms with Gasteiger partial charge in [0.05, 0.1) is 33.8 Å². The number of benzene rings is 8. The van der Waals surface area contributed by atoms with E-state index >= 15 is 0 Å². The van der Waals surface area contributed by atoms with E-state index in [0.29, 0.717) is 0 Å². The second kappa shape index (κ2) is 10.1. The maximum absolute atomic E-state index is 5.27. The molecule has 0 aliphatic carbocycles. The Balaban J connectivity index is 1.22. The fourth-order valence-electron chi connectivity index (χ4n) is 7.38. The van der Waals surface area contributed by atoms with Crippen molar-refractivity contribution in [1.82, 2.24) is 9.97 Å². The number of hydrogen-bond donors (Lipinski definition) is 0. The third-order valence-corrected chi connectivity index (χ3v) is 9.51. The van der Waals surface area contributed by atoms with Crippen LogP contribution >= 0.6 is 0 Å². The van der Waals surface area contributed by atoms with E-state index in [1.165, 1.54) is 54.8 Å². The van der Waals surface area contributed by atoms with E-state index in [9.17, 15) is 0 Å². The van der Waals surface area contributed by atoms with E-state index in [2.05, 4.69) is 144 Å². The molecule has 0 saturated heterocycles. The van der Waals surface area contributed by atoms with Crippen LogP contribution in [0.15, 0.2) is 164 Å². The standard InChI is InChI=1S/C44H27N3/c1-2-12-31-26-33(23-22-28(31)10-1)44-43(45-37-19-5-6-20-38(37)46-44)32-15-7-16-34(27-32)47-39-21-9-14-30-13-8-18-36(41(30)39)42-35-17-4-3-11-29(35)24-25-40(42)47/h1-27H. The Morgan fingerprint density at radius 1 is 0.404 bits per heavy atom. The minimum atomic E-state index is 0.871. The number of fused-ring (bicyclic) bond motifs is 6. The summed E-state index contributed by atoms with van der Waals surface area (Å²) in [5.74, 6) is 0. The Labute approximate surface area is 272 Å². The van der Waals surface area contributed by atoms with Gasteiger partial charge in [-0.15, -0.1) is 0 Å². The lowest BCUT2D eigenvalue weighted by Crippen LogP contribution is -2.15. The molecule has 0 saturated carbocycles. The fourth-order valence-corrected chi connectivity index (χ4v) is 7.38. The smallest absolute Gasteiger partial charge is 0.0973 e. The second-order valence-electron chi connectivity index (χ2n) is 12.2. The predicted molar refractivity (Wildman–Crippen MR) is 197 cm³/mol. The normalized spacial score (nSPS) is 12.2. The molecule has 1 aliphatic heterocycles. The van der Waals surface area contributed by atoms with E-state index in [-0.39, 0.29) is 0 Å². The third-order valence-electron chi connectivity index (χ3n) is 9.51. The highest BCUT2D eigenvalue weighted by molar-refractivity contribution is 6.19. The quantitative estimate of drug-likeness (QED) is 0.203. The molecule has 10 rings (SSSR count). The monoisotopic (exact) mass is 597 g/mol. The van der Waals surface area contributed by atoms with Crippen molar-refractivity contribution in [1.29, 1.82) is 0 Å². The Morgan fingerprint density at radius 2 is 1.04 bits per heavy atom. The largest absolute Gasteiger partial charge is 0.309 e. The molecule has 2 heterocycles. The van der Waals surface area contributed by atoms with Gasteiger partial charge in [-0.25, -0.2) is 9.97 Å². The van der Waals surface area contributed by atoms with Crippen molar-refractivity contribution in [3.63, 3.8) is 0 Å². The van der Waals surface area contributed by atoms with Crippen LogP contribution in [0.4, 0.5) is 17.1 Å². The first-order valence-corrected chi connectivity index (χ1v) is 16.0. The summed E-state index contributed by atoms with van der Waals surface area (Å²) in [6.45, 7) is 0. The van der Waals surface area contributed by atoms with E-state index in [4.69, 9.17) is 9.97 Å². The molecule has 3 nitrogen and oxygen atoms in total. The fraction of sp³-hybridized carbons (Fsp3) is 0. The Hall–Kier alpha value is -6.32. The van der Waals surface area contributed by atoms with Crippen LogP contribution in [0.1, 0.15) is 0 Å². The van der Waals surface area contributed by atoms with E-state index < -0.39 is 0 Å². The first-order chi connectivity index (χ1) is 23.3. The maximum atomic E-state index is 5.27. The molecule has 1 aliphatic rings. The average molecular weight is 598 g/mol. The topological polar surface area (TPSA) is 29.0 Å². The number of hydrogen-bond acceptors (Lipinski definition) is 3. The van der Waals surface area contributed by atoms with Gasteiger partial charge in [-0.05, 0) is 75.0 Å². The summed E-state index contributed by atoms with van der Waals surface area (Å²) in [4.78, 5) is 12.9. The highest BCUT2D eigenvalue weighted by atomic mass is 15.2. The molecule has 0 spiro atoms. The molecule has 47 heavy (non-hydrogen) atoms. The van der Waals surface area contributed by atoms with Gasteiger partial charge in [-0.2, -0.15) is 0 Å². The average Bonchev–Trinajstić information content (AvgIpc) is 3.14.